The fraction of sp³-hybridized carbons (Fsp3) is 0.100. The van der Waals surface area contributed by atoms with Crippen molar-refractivity contribution in [3.63, 3.8) is 0 Å². The highest BCUT2D eigenvalue weighted by molar-refractivity contribution is 7.18. The maximum Gasteiger partial charge on any atom is 0.345 e. The molecule has 1 aromatic carbocycles. The molecule has 0 saturated carbocycles. The number of thiazole rings is 1. The highest BCUT2D eigenvalue weighted by atomic mass is 32.1. The number of nitro groups is 1. The quantitative estimate of drug-likeness (QED) is 0.508. The Balaban J connectivity index is 2.29. The van der Waals surface area contributed by atoms with Crippen LogP contribution in [0.4, 0.5) is 15.8 Å². The van der Waals surface area contributed by atoms with Crippen molar-refractivity contribution in [2.45, 2.75) is 6.92 Å². The van der Waals surface area contributed by atoms with E-state index in [-0.39, 0.29) is 27.3 Å². The monoisotopic (exact) mass is 280 g/mol. The van der Waals surface area contributed by atoms with Crippen LogP contribution < -0.4 is 0 Å². The van der Waals surface area contributed by atoms with E-state index in [9.17, 15) is 20.3 Å². The number of phenolic OH excluding ortho intramolecular Hbond substituents is 2. The summed E-state index contributed by atoms with van der Waals surface area (Å²) in [5.41, 5.74) is 0.697. The topological polar surface area (TPSA) is 121 Å². The molecule has 0 saturated heterocycles. The van der Waals surface area contributed by atoms with Gasteiger partial charge in [0.15, 0.2) is 0 Å². The lowest BCUT2D eigenvalue weighted by molar-refractivity contribution is -0.380. The van der Waals surface area contributed by atoms with Gasteiger partial charge in [0.05, 0.1) is 4.92 Å². The number of aromatic nitrogens is 1. The molecule has 19 heavy (non-hydrogen) atoms. The zero-order chi connectivity index (χ0) is 14.0. The van der Waals surface area contributed by atoms with Crippen molar-refractivity contribution < 1.29 is 15.1 Å². The van der Waals surface area contributed by atoms with E-state index in [2.05, 4.69) is 15.2 Å². The lowest BCUT2D eigenvalue weighted by Crippen LogP contribution is -1.80. The van der Waals surface area contributed by atoms with E-state index in [0.717, 1.165) is 23.6 Å². The maximum atomic E-state index is 10.5. The van der Waals surface area contributed by atoms with Crippen LogP contribution in [0, 0.1) is 17.0 Å². The second kappa shape index (κ2) is 4.98. The van der Waals surface area contributed by atoms with E-state index >= 15 is 0 Å². The zero-order valence-electron chi connectivity index (χ0n) is 9.64. The Morgan fingerprint density at radius 3 is 2.68 bits per heavy atom. The first-order valence-corrected chi connectivity index (χ1v) is 5.83. The molecule has 0 aliphatic rings. The van der Waals surface area contributed by atoms with Crippen molar-refractivity contribution in [3.05, 3.63) is 34.0 Å². The van der Waals surface area contributed by atoms with Crippen molar-refractivity contribution >= 4 is 27.2 Å². The van der Waals surface area contributed by atoms with Crippen LogP contribution in [0.1, 0.15) is 5.56 Å². The molecule has 1 heterocycles. The number of hydrogen-bond acceptors (Lipinski definition) is 8. The van der Waals surface area contributed by atoms with Gasteiger partial charge in [-0.3, -0.25) is 10.1 Å². The predicted octanol–water partition coefficient (Wildman–Crippen LogP) is 3.19. The first kappa shape index (κ1) is 12.9. The molecule has 0 aliphatic carbocycles. The standard InChI is InChI=1S/C10H8N4O4S/c1-5-2-6(15)3-7(16)9(5)12-13-10-11-4-8(19-10)14(17)18/h2-4,15-16H,1H3. The molecule has 2 aromatic rings. The number of aryl methyl sites for hydroxylation is 1. The lowest BCUT2D eigenvalue weighted by atomic mass is 10.2. The average molecular weight is 280 g/mol. The summed E-state index contributed by atoms with van der Waals surface area (Å²) in [7, 11) is 0. The molecule has 0 atom stereocenters. The lowest BCUT2D eigenvalue weighted by Gasteiger charge is -2.02. The minimum Gasteiger partial charge on any atom is -0.508 e. The molecule has 0 unspecified atom stereocenters. The number of rotatable bonds is 3. The number of azo groups is 1. The SMILES string of the molecule is Cc1cc(O)cc(O)c1N=Nc1ncc([N+](=O)[O-])s1. The van der Waals surface area contributed by atoms with Gasteiger partial charge < -0.3 is 10.2 Å². The maximum absolute atomic E-state index is 10.5. The third-order valence-corrected chi connectivity index (χ3v) is 3.00. The van der Waals surface area contributed by atoms with Crippen LogP contribution in [0.25, 0.3) is 0 Å². The van der Waals surface area contributed by atoms with Crippen LogP contribution in [0.3, 0.4) is 0 Å². The average Bonchev–Trinajstić information content (AvgIpc) is 2.76. The molecule has 2 N–H and O–H groups in total. The van der Waals surface area contributed by atoms with Gasteiger partial charge >= 0.3 is 5.00 Å². The number of aromatic hydroxyl groups is 2. The van der Waals surface area contributed by atoms with E-state index in [1.54, 1.807) is 6.92 Å². The van der Waals surface area contributed by atoms with Crippen molar-refractivity contribution in [1.29, 1.82) is 0 Å². The Hall–Kier alpha value is -2.55. The van der Waals surface area contributed by atoms with E-state index < -0.39 is 4.92 Å². The van der Waals surface area contributed by atoms with Crippen LogP contribution in [0.2, 0.25) is 0 Å². The van der Waals surface area contributed by atoms with E-state index in [1.165, 1.54) is 6.07 Å². The highest BCUT2D eigenvalue weighted by Crippen LogP contribution is 2.36. The molecule has 0 aliphatic heterocycles. The Kier molecular flexibility index (Phi) is 3.38. The second-order valence-corrected chi connectivity index (χ2v) is 4.56. The van der Waals surface area contributed by atoms with Gasteiger partial charge in [-0.2, -0.15) is 0 Å². The van der Waals surface area contributed by atoms with Gasteiger partial charge in [-0.15, -0.1) is 10.2 Å². The molecule has 9 heteroatoms. The summed E-state index contributed by atoms with van der Waals surface area (Å²) in [6.07, 6.45) is 1.09. The fourth-order valence-electron chi connectivity index (χ4n) is 1.35. The second-order valence-electron chi connectivity index (χ2n) is 3.57. The van der Waals surface area contributed by atoms with Gasteiger partial charge in [-0.25, -0.2) is 4.98 Å². The first-order chi connectivity index (χ1) is 8.97. The van der Waals surface area contributed by atoms with Crippen LogP contribution in [0.15, 0.2) is 28.6 Å². The van der Waals surface area contributed by atoms with E-state index in [0.29, 0.717) is 5.56 Å². The van der Waals surface area contributed by atoms with Gasteiger partial charge in [-0.05, 0) is 29.9 Å². The van der Waals surface area contributed by atoms with Gasteiger partial charge in [0.1, 0.15) is 23.4 Å². The van der Waals surface area contributed by atoms with Crippen molar-refractivity contribution in [2.75, 3.05) is 0 Å². The van der Waals surface area contributed by atoms with E-state index in [1.807, 2.05) is 0 Å². The van der Waals surface area contributed by atoms with Gasteiger partial charge in [0, 0.05) is 6.07 Å². The molecule has 0 fully saturated rings. The van der Waals surface area contributed by atoms with Crippen LogP contribution in [0.5, 0.6) is 11.5 Å². The molecule has 0 spiro atoms. The van der Waals surface area contributed by atoms with Crippen molar-refractivity contribution in [3.8, 4) is 11.5 Å². The third-order valence-electron chi connectivity index (χ3n) is 2.16. The molecule has 0 bridgehead atoms. The van der Waals surface area contributed by atoms with Gasteiger partial charge in [-0.1, -0.05) is 0 Å². The van der Waals surface area contributed by atoms with Crippen LogP contribution >= 0.6 is 11.3 Å². The molecule has 8 nitrogen and oxygen atoms in total. The Labute approximate surface area is 110 Å². The largest absolute Gasteiger partial charge is 0.508 e. The minimum absolute atomic E-state index is 0.0844. The van der Waals surface area contributed by atoms with Crippen LogP contribution in [-0.2, 0) is 0 Å². The number of benzene rings is 1. The summed E-state index contributed by atoms with van der Waals surface area (Å²) < 4.78 is 0. The molecule has 0 radical (unpaired) electrons. The zero-order valence-corrected chi connectivity index (χ0v) is 10.5. The van der Waals surface area contributed by atoms with Crippen molar-refractivity contribution in [1.82, 2.24) is 4.98 Å². The smallest absolute Gasteiger partial charge is 0.345 e. The summed E-state index contributed by atoms with van der Waals surface area (Å²) >= 11 is 0.773. The normalized spacial score (nSPS) is 11.0. The van der Waals surface area contributed by atoms with Gasteiger partial charge in [0.25, 0.3) is 0 Å². The Bertz CT molecular complexity index is 644. The predicted molar refractivity (Wildman–Crippen MR) is 67.5 cm³/mol. The van der Waals surface area contributed by atoms with E-state index in [4.69, 9.17) is 0 Å². The summed E-state index contributed by atoms with van der Waals surface area (Å²) in [6.45, 7) is 1.64. The van der Waals surface area contributed by atoms with Gasteiger partial charge in [0.2, 0.25) is 5.13 Å². The molecule has 1 aromatic heterocycles. The number of phenols is 2. The summed E-state index contributed by atoms with van der Waals surface area (Å²) in [6, 6.07) is 2.55. The molecule has 2 rings (SSSR count). The van der Waals surface area contributed by atoms with Crippen LogP contribution in [-0.4, -0.2) is 20.1 Å². The molecular formula is C10H8N4O4S. The molecule has 98 valence electrons. The highest BCUT2D eigenvalue weighted by Gasteiger charge is 2.11. The first-order valence-electron chi connectivity index (χ1n) is 5.02. The fourth-order valence-corrected chi connectivity index (χ4v) is 1.91. The minimum atomic E-state index is -0.569. The molecule has 0 amide bonds. The summed E-state index contributed by atoms with van der Waals surface area (Å²) in [5.74, 6) is -0.314. The summed E-state index contributed by atoms with van der Waals surface area (Å²) in [5, 5.41) is 36.8. The summed E-state index contributed by atoms with van der Waals surface area (Å²) in [4.78, 5) is 13.6. The van der Waals surface area contributed by atoms with Crippen molar-refractivity contribution in [2.24, 2.45) is 10.2 Å². The Morgan fingerprint density at radius 1 is 1.37 bits per heavy atom. The number of nitrogens with zero attached hydrogens (tertiary/aromatic N) is 4. The molecular weight excluding hydrogens is 272 g/mol. The third kappa shape index (κ3) is 2.83. The Morgan fingerprint density at radius 2 is 2.11 bits per heavy atom. The number of hydrogen-bond donors (Lipinski definition) is 2.